The molecule has 1 aliphatic rings. The lowest BCUT2D eigenvalue weighted by Gasteiger charge is -2.41. The molecule has 9 nitrogen and oxygen atoms in total. The predicted octanol–water partition coefficient (Wildman–Crippen LogP) is 1.61. The highest BCUT2D eigenvalue weighted by Crippen LogP contribution is 2.53. The van der Waals surface area contributed by atoms with E-state index in [0.29, 0.717) is 13.1 Å². The van der Waals surface area contributed by atoms with Gasteiger partial charge in [-0.3, -0.25) is 14.0 Å². The summed E-state index contributed by atoms with van der Waals surface area (Å²) in [7, 11) is 0.567. The maximum Gasteiger partial charge on any atom is 0.351 e. The lowest BCUT2D eigenvalue weighted by molar-refractivity contribution is -0.139. The Morgan fingerprint density at radius 1 is 1.37 bits per heavy atom. The van der Waals surface area contributed by atoms with E-state index >= 15 is 0 Å². The largest absolute Gasteiger partial charge is 0.383 e. The Morgan fingerprint density at radius 3 is 2.56 bits per heavy atom. The molecule has 1 aromatic heterocycles. The first-order valence-corrected chi connectivity index (χ1v) is 10.9. The average molecular weight is 401 g/mol. The number of anilines is 1. The Kier molecular flexibility index (Phi) is 7.21. The van der Waals surface area contributed by atoms with Crippen LogP contribution in [0.3, 0.4) is 0 Å². The van der Waals surface area contributed by atoms with Crippen molar-refractivity contribution in [3.8, 4) is 0 Å². The normalized spacial score (nSPS) is 23.9. The molecule has 0 radical (unpaired) electrons. The van der Waals surface area contributed by atoms with E-state index in [1.54, 1.807) is 31.0 Å². The van der Waals surface area contributed by atoms with E-state index in [1.807, 2.05) is 13.8 Å². The number of rotatable bonds is 7. The first-order valence-electron chi connectivity index (χ1n) is 9.20. The quantitative estimate of drug-likeness (QED) is 0.688. The fourth-order valence-electron chi connectivity index (χ4n) is 3.07. The number of hydrogen-bond acceptors (Lipinski definition) is 7. The predicted molar refractivity (Wildman–Crippen MR) is 106 cm³/mol. The van der Waals surface area contributed by atoms with Crippen molar-refractivity contribution in [3.63, 3.8) is 0 Å². The molecule has 0 bridgehead atoms. The van der Waals surface area contributed by atoms with Crippen molar-refractivity contribution in [1.29, 1.82) is 0 Å². The monoisotopic (exact) mass is 401 g/mol. The molecule has 154 valence electrons. The van der Waals surface area contributed by atoms with Gasteiger partial charge in [-0.1, -0.05) is 13.8 Å². The number of ether oxygens (including phenoxy) is 1. The third kappa shape index (κ3) is 5.18. The third-order valence-electron chi connectivity index (χ3n) is 4.73. The standard InChI is InChI=1S/C17H32N5O4P/c1-12(2)21-9-14(11-25-27(24,13(3)4)20(5)6)26-16(10-21)22-8-7-15(18)19-17(22)23/h7-8,12-14,16H,9-11H2,1-6H3,(H2,18,19,23). The number of nitrogens with two attached hydrogens (primary N) is 1. The molecular weight excluding hydrogens is 369 g/mol. The Labute approximate surface area is 160 Å². The highest BCUT2D eigenvalue weighted by molar-refractivity contribution is 7.57. The van der Waals surface area contributed by atoms with Crippen LogP contribution in [0.4, 0.5) is 5.82 Å². The molecule has 0 aromatic carbocycles. The molecule has 0 amide bonds. The van der Waals surface area contributed by atoms with Gasteiger partial charge in [0.1, 0.15) is 5.82 Å². The van der Waals surface area contributed by atoms with Gasteiger partial charge >= 0.3 is 5.69 Å². The molecule has 1 saturated heterocycles. The van der Waals surface area contributed by atoms with Crippen LogP contribution in [0.25, 0.3) is 0 Å². The number of hydrogen-bond donors (Lipinski definition) is 1. The van der Waals surface area contributed by atoms with Crippen LogP contribution in [0.1, 0.15) is 33.9 Å². The molecule has 0 spiro atoms. The first-order chi connectivity index (χ1) is 12.5. The summed E-state index contributed by atoms with van der Waals surface area (Å²) in [6.07, 6.45) is 0.770. The molecule has 1 aliphatic heterocycles. The molecular formula is C17H32N5O4P. The van der Waals surface area contributed by atoms with Crippen molar-refractivity contribution >= 4 is 13.3 Å². The van der Waals surface area contributed by atoms with E-state index in [0.717, 1.165) is 0 Å². The van der Waals surface area contributed by atoms with Crippen LogP contribution in [-0.4, -0.2) is 70.7 Å². The SMILES string of the molecule is CC(C)N1CC(COP(=O)(C(C)C)N(C)C)OC(n2ccc(N)nc2=O)C1. The van der Waals surface area contributed by atoms with Crippen molar-refractivity contribution < 1.29 is 13.8 Å². The fourth-order valence-corrected chi connectivity index (χ4v) is 4.91. The smallest absolute Gasteiger partial charge is 0.351 e. The zero-order chi connectivity index (χ0) is 20.4. The summed E-state index contributed by atoms with van der Waals surface area (Å²) in [5.74, 6) is 0.177. The first kappa shape index (κ1) is 22.0. The highest BCUT2D eigenvalue weighted by atomic mass is 31.2. The van der Waals surface area contributed by atoms with E-state index in [1.165, 1.54) is 4.57 Å². The maximum absolute atomic E-state index is 13.1. The van der Waals surface area contributed by atoms with E-state index in [2.05, 4.69) is 23.7 Å². The third-order valence-corrected chi connectivity index (χ3v) is 7.67. The summed E-state index contributed by atoms with van der Waals surface area (Å²) in [4.78, 5) is 18.2. The van der Waals surface area contributed by atoms with Crippen molar-refractivity contribution in [1.82, 2.24) is 19.1 Å². The number of aromatic nitrogens is 2. The second-order valence-electron chi connectivity index (χ2n) is 7.60. The minimum atomic E-state index is -2.94. The van der Waals surface area contributed by atoms with Gasteiger partial charge in [0.25, 0.3) is 7.52 Å². The fraction of sp³-hybridized carbons (Fsp3) is 0.765. The van der Waals surface area contributed by atoms with Crippen molar-refractivity contribution in [2.45, 2.75) is 51.7 Å². The Hall–Kier alpha value is -1.25. The van der Waals surface area contributed by atoms with Crippen LogP contribution in [0, 0.1) is 0 Å². The summed E-state index contributed by atoms with van der Waals surface area (Å²) < 4.78 is 28.1. The number of morpholine rings is 1. The minimum Gasteiger partial charge on any atom is -0.383 e. The molecule has 27 heavy (non-hydrogen) atoms. The second kappa shape index (κ2) is 8.84. The van der Waals surface area contributed by atoms with Crippen LogP contribution in [-0.2, 0) is 13.8 Å². The lowest BCUT2D eigenvalue weighted by Crippen LogP contribution is -2.51. The van der Waals surface area contributed by atoms with Crippen LogP contribution >= 0.6 is 7.52 Å². The summed E-state index contributed by atoms with van der Waals surface area (Å²) in [5.41, 5.74) is 5.00. The molecule has 0 saturated carbocycles. The van der Waals surface area contributed by atoms with Crippen LogP contribution in [0.5, 0.6) is 0 Å². The molecule has 3 unspecified atom stereocenters. The van der Waals surface area contributed by atoms with Gasteiger partial charge in [0.05, 0.1) is 12.7 Å². The average Bonchev–Trinajstić information content (AvgIpc) is 2.58. The molecule has 2 heterocycles. The van der Waals surface area contributed by atoms with Crippen molar-refractivity contribution in [2.24, 2.45) is 0 Å². The van der Waals surface area contributed by atoms with E-state index in [4.69, 9.17) is 15.0 Å². The molecule has 0 aliphatic carbocycles. The van der Waals surface area contributed by atoms with Crippen LogP contribution < -0.4 is 11.4 Å². The zero-order valence-electron chi connectivity index (χ0n) is 17.0. The Morgan fingerprint density at radius 2 is 2.04 bits per heavy atom. The lowest BCUT2D eigenvalue weighted by atomic mass is 10.2. The van der Waals surface area contributed by atoms with Gasteiger partial charge in [-0.05, 0) is 34.0 Å². The second-order valence-corrected chi connectivity index (χ2v) is 10.8. The summed E-state index contributed by atoms with van der Waals surface area (Å²) in [6.45, 7) is 9.31. The molecule has 1 fully saturated rings. The van der Waals surface area contributed by atoms with Gasteiger partial charge in [-0.15, -0.1) is 0 Å². The Balaban J connectivity index is 2.19. The van der Waals surface area contributed by atoms with Gasteiger partial charge in [0.15, 0.2) is 6.23 Å². The molecule has 3 atom stereocenters. The highest BCUT2D eigenvalue weighted by Gasteiger charge is 2.35. The van der Waals surface area contributed by atoms with E-state index in [-0.39, 0.29) is 30.2 Å². The van der Waals surface area contributed by atoms with E-state index < -0.39 is 19.4 Å². The van der Waals surface area contributed by atoms with E-state index in [9.17, 15) is 9.36 Å². The minimum absolute atomic E-state index is 0.128. The summed E-state index contributed by atoms with van der Waals surface area (Å²) in [6, 6.07) is 1.84. The van der Waals surface area contributed by atoms with Crippen molar-refractivity contribution in [3.05, 3.63) is 22.7 Å². The van der Waals surface area contributed by atoms with Crippen LogP contribution in [0.2, 0.25) is 0 Å². The van der Waals surface area contributed by atoms with Gasteiger partial charge in [0.2, 0.25) is 0 Å². The molecule has 2 N–H and O–H groups in total. The van der Waals surface area contributed by atoms with Crippen LogP contribution in [0.15, 0.2) is 17.1 Å². The number of nitrogen functional groups attached to an aromatic ring is 1. The zero-order valence-corrected chi connectivity index (χ0v) is 17.9. The molecule has 2 rings (SSSR count). The van der Waals surface area contributed by atoms with Crippen molar-refractivity contribution in [2.75, 3.05) is 39.5 Å². The summed E-state index contributed by atoms with van der Waals surface area (Å²) >= 11 is 0. The summed E-state index contributed by atoms with van der Waals surface area (Å²) in [5, 5.41) is 0. The Bertz CT molecular complexity index is 724. The molecule has 10 heteroatoms. The van der Waals surface area contributed by atoms with Gasteiger partial charge in [0, 0.05) is 31.0 Å². The topological polar surface area (TPSA) is 103 Å². The van der Waals surface area contributed by atoms with Gasteiger partial charge < -0.3 is 15.0 Å². The van der Waals surface area contributed by atoms with Gasteiger partial charge in [-0.2, -0.15) is 4.98 Å². The molecule has 1 aromatic rings. The number of nitrogens with zero attached hydrogens (tertiary/aromatic N) is 4. The maximum atomic E-state index is 13.1. The van der Waals surface area contributed by atoms with Gasteiger partial charge in [-0.25, -0.2) is 9.46 Å².